The minimum absolute atomic E-state index is 0.219. The molecule has 2 aliphatic rings. The van der Waals surface area contributed by atoms with Gasteiger partial charge in [-0.1, -0.05) is 43.2 Å². The van der Waals surface area contributed by atoms with E-state index in [0.29, 0.717) is 0 Å². The number of hydrogen-bond acceptors (Lipinski definition) is 5. The van der Waals surface area contributed by atoms with Crippen molar-refractivity contribution < 1.29 is 14.7 Å². The first-order valence-electron chi connectivity index (χ1n) is 10.7. The summed E-state index contributed by atoms with van der Waals surface area (Å²) in [4.78, 5) is 32.7. The highest BCUT2D eigenvalue weighted by Gasteiger charge is 2.47. The molecule has 2 atom stereocenters. The maximum absolute atomic E-state index is 13.0. The number of rotatable bonds is 6. The Kier molecular flexibility index (Phi) is 6.51. The molecule has 0 aliphatic carbocycles. The van der Waals surface area contributed by atoms with E-state index in [2.05, 4.69) is 4.90 Å². The molecule has 160 valence electrons. The van der Waals surface area contributed by atoms with Crippen LogP contribution in [0.25, 0.3) is 0 Å². The SMILES string of the molecule is CN1C(=O)N(Cc2ccccc2)C(=O)C1C(O)c1ccc(CN2CCCCCC2)s1. The maximum atomic E-state index is 13.0. The lowest BCUT2D eigenvalue weighted by Crippen LogP contribution is -2.36. The molecular formula is C23H29N3O3S. The fourth-order valence-electron chi connectivity index (χ4n) is 4.30. The zero-order valence-corrected chi connectivity index (χ0v) is 18.2. The van der Waals surface area contributed by atoms with Crippen molar-refractivity contribution in [3.8, 4) is 0 Å². The number of aliphatic hydroxyl groups excluding tert-OH is 1. The molecular weight excluding hydrogens is 398 g/mol. The van der Waals surface area contributed by atoms with E-state index in [1.165, 1.54) is 51.7 Å². The highest BCUT2D eigenvalue weighted by Crippen LogP contribution is 2.33. The lowest BCUT2D eigenvalue weighted by atomic mass is 10.1. The second kappa shape index (κ2) is 9.29. The van der Waals surface area contributed by atoms with Gasteiger partial charge in [-0.25, -0.2) is 4.79 Å². The highest BCUT2D eigenvalue weighted by molar-refractivity contribution is 7.12. The first kappa shape index (κ1) is 21.0. The second-order valence-corrected chi connectivity index (χ2v) is 9.39. The fourth-order valence-corrected chi connectivity index (χ4v) is 5.37. The standard InChI is InChI=1S/C23H29N3O3S/c1-24-20(22(28)26(23(24)29)15-17-9-5-4-6-10-17)21(27)19-12-11-18(30-19)16-25-13-7-2-3-8-14-25/h4-6,9-12,20-21,27H,2-3,7-8,13-16H2,1H3. The van der Waals surface area contributed by atoms with Gasteiger partial charge in [0.1, 0.15) is 12.1 Å². The van der Waals surface area contributed by atoms with E-state index in [-0.39, 0.29) is 18.5 Å². The number of nitrogens with zero attached hydrogens (tertiary/aromatic N) is 3. The third-order valence-corrected chi connectivity index (χ3v) is 7.14. The molecule has 2 saturated heterocycles. The van der Waals surface area contributed by atoms with Crippen molar-refractivity contribution in [1.29, 1.82) is 0 Å². The van der Waals surface area contributed by atoms with Crippen LogP contribution in [0.15, 0.2) is 42.5 Å². The van der Waals surface area contributed by atoms with Crippen molar-refractivity contribution >= 4 is 23.3 Å². The van der Waals surface area contributed by atoms with E-state index in [0.717, 1.165) is 30.1 Å². The van der Waals surface area contributed by atoms with Gasteiger partial charge in [0, 0.05) is 23.3 Å². The van der Waals surface area contributed by atoms with Crippen molar-refractivity contribution in [2.45, 2.75) is 50.9 Å². The molecule has 1 aromatic carbocycles. The predicted octanol–water partition coefficient (Wildman–Crippen LogP) is 3.62. The van der Waals surface area contributed by atoms with Crippen LogP contribution in [0.4, 0.5) is 4.79 Å². The Labute approximate surface area is 181 Å². The Hall–Kier alpha value is -2.22. The topological polar surface area (TPSA) is 64.1 Å². The number of imide groups is 1. The van der Waals surface area contributed by atoms with Crippen LogP contribution in [0, 0.1) is 0 Å². The van der Waals surface area contributed by atoms with Crippen molar-refractivity contribution in [3.05, 3.63) is 57.8 Å². The van der Waals surface area contributed by atoms with Gasteiger partial charge < -0.3 is 10.0 Å². The smallest absolute Gasteiger partial charge is 0.327 e. The molecule has 4 rings (SSSR count). The third kappa shape index (κ3) is 4.43. The summed E-state index contributed by atoms with van der Waals surface area (Å²) < 4.78 is 0. The number of likely N-dealkylation sites (N-methyl/N-ethyl adjacent to an activating group) is 1. The molecule has 3 heterocycles. The molecule has 7 heteroatoms. The highest BCUT2D eigenvalue weighted by atomic mass is 32.1. The Bertz CT molecular complexity index is 877. The average Bonchev–Trinajstić information content (AvgIpc) is 3.17. The lowest BCUT2D eigenvalue weighted by Gasteiger charge is -2.21. The number of carbonyl (C=O) groups is 2. The summed E-state index contributed by atoms with van der Waals surface area (Å²) >= 11 is 1.54. The summed E-state index contributed by atoms with van der Waals surface area (Å²) in [7, 11) is 1.59. The average molecular weight is 428 g/mol. The van der Waals surface area contributed by atoms with Gasteiger partial charge in [-0.2, -0.15) is 0 Å². The van der Waals surface area contributed by atoms with Crippen LogP contribution in [0.3, 0.4) is 0 Å². The third-order valence-electron chi connectivity index (χ3n) is 6.00. The predicted molar refractivity (Wildman–Crippen MR) is 117 cm³/mol. The molecule has 2 unspecified atom stereocenters. The Balaban J connectivity index is 1.45. The van der Waals surface area contributed by atoms with E-state index < -0.39 is 12.1 Å². The minimum Gasteiger partial charge on any atom is -0.385 e. The summed E-state index contributed by atoms with van der Waals surface area (Å²) in [6.07, 6.45) is 4.06. The first-order valence-corrected chi connectivity index (χ1v) is 11.5. The van der Waals surface area contributed by atoms with Gasteiger partial charge in [-0.05, 0) is 43.6 Å². The normalized spacial score (nSPS) is 21.9. The molecule has 3 amide bonds. The van der Waals surface area contributed by atoms with E-state index in [1.807, 2.05) is 42.5 Å². The molecule has 1 aromatic heterocycles. The largest absolute Gasteiger partial charge is 0.385 e. The summed E-state index contributed by atoms with van der Waals surface area (Å²) in [5, 5.41) is 11.0. The molecule has 2 aromatic rings. The molecule has 1 N–H and O–H groups in total. The molecule has 2 aliphatic heterocycles. The summed E-state index contributed by atoms with van der Waals surface area (Å²) in [6, 6.07) is 12.1. The monoisotopic (exact) mass is 427 g/mol. The van der Waals surface area contributed by atoms with Crippen LogP contribution in [-0.4, -0.2) is 57.9 Å². The number of hydrogen-bond donors (Lipinski definition) is 1. The number of amides is 3. The molecule has 0 spiro atoms. The first-order chi connectivity index (χ1) is 14.5. The number of urea groups is 1. The van der Waals surface area contributed by atoms with Crippen LogP contribution in [0.2, 0.25) is 0 Å². The van der Waals surface area contributed by atoms with Crippen molar-refractivity contribution in [3.63, 3.8) is 0 Å². The molecule has 0 saturated carbocycles. The van der Waals surface area contributed by atoms with Gasteiger partial charge in [-0.15, -0.1) is 11.3 Å². The maximum Gasteiger partial charge on any atom is 0.327 e. The zero-order valence-electron chi connectivity index (χ0n) is 17.4. The fraction of sp³-hybridized carbons (Fsp3) is 0.478. The summed E-state index contributed by atoms with van der Waals surface area (Å²) in [5.74, 6) is -0.346. The van der Waals surface area contributed by atoms with Gasteiger partial charge in [0.25, 0.3) is 5.91 Å². The van der Waals surface area contributed by atoms with Gasteiger partial charge in [0.2, 0.25) is 0 Å². The molecule has 2 fully saturated rings. The van der Waals surface area contributed by atoms with Crippen LogP contribution in [-0.2, 0) is 17.9 Å². The second-order valence-electron chi connectivity index (χ2n) is 8.19. The van der Waals surface area contributed by atoms with Gasteiger partial charge in [0.15, 0.2) is 0 Å². The van der Waals surface area contributed by atoms with Crippen molar-refractivity contribution in [2.75, 3.05) is 20.1 Å². The van der Waals surface area contributed by atoms with E-state index in [1.54, 1.807) is 7.05 Å². The number of benzene rings is 1. The number of thiophene rings is 1. The summed E-state index contributed by atoms with van der Waals surface area (Å²) in [6.45, 7) is 3.33. The van der Waals surface area contributed by atoms with Crippen molar-refractivity contribution in [1.82, 2.24) is 14.7 Å². The van der Waals surface area contributed by atoms with Crippen LogP contribution in [0.1, 0.15) is 47.1 Å². The van der Waals surface area contributed by atoms with Crippen LogP contribution in [0.5, 0.6) is 0 Å². The summed E-state index contributed by atoms with van der Waals surface area (Å²) in [5.41, 5.74) is 0.888. The lowest BCUT2D eigenvalue weighted by molar-refractivity contribution is -0.131. The number of carbonyl (C=O) groups excluding carboxylic acids is 2. The van der Waals surface area contributed by atoms with Crippen molar-refractivity contribution in [2.24, 2.45) is 0 Å². The quantitative estimate of drug-likeness (QED) is 0.715. The van der Waals surface area contributed by atoms with Crippen LogP contribution >= 0.6 is 11.3 Å². The van der Waals surface area contributed by atoms with Crippen LogP contribution < -0.4 is 0 Å². The Morgan fingerprint density at radius 1 is 1.00 bits per heavy atom. The van der Waals surface area contributed by atoms with Gasteiger partial charge in [0.05, 0.1) is 6.54 Å². The minimum atomic E-state index is -1.02. The van der Waals surface area contributed by atoms with Gasteiger partial charge in [-0.3, -0.25) is 14.6 Å². The molecule has 30 heavy (non-hydrogen) atoms. The van der Waals surface area contributed by atoms with Gasteiger partial charge >= 0.3 is 6.03 Å². The van der Waals surface area contributed by atoms with E-state index in [9.17, 15) is 14.7 Å². The number of likely N-dealkylation sites (tertiary alicyclic amines) is 1. The number of aliphatic hydroxyl groups is 1. The molecule has 0 bridgehead atoms. The Morgan fingerprint density at radius 2 is 1.70 bits per heavy atom. The zero-order chi connectivity index (χ0) is 21.1. The molecule has 6 nitrogen and oxygen atoms in total. The van der Waals surface area contributed by atoms with E-state index >= 15 is 0 Å². The Morgan fingerprint density at radius 3 is 2.40 bits per heavy atom. The molecule has 0 radical (unpaired) electrons. The van der Waals surface area contributed by atoms with E-state index in [4.69, 9.17) is 0 Å².